The molecule has 3 heteroatoms. The first-order chi connectivity index (χ1) is 8.11. The Morgan fingerprint density at radius 3 is 2.53 bits per heavy atom. The standard InChI is InChI=1S/C14H15NO2/c1-10(2)11-6-3-4-7-12(11)15-9-5-8-13(15)14(16)17/h3-10H,1-2H3,(H,16,17). The number of para-hydroxylation sites is 1. The van der Waals surface area contributed by atoms with Crippen molar-refractivity contribution >= 4 is 5.97 Å². The van der Waals surface area contributed by atoms with E-state index in [4.69, 9.17) is 5.11 Å². The van der Waals surface area contributed by atoms with E-state index in [9.17, 15) is 4.79 Å². The molecule has 0 aliphatic heterocycles. The molecule has 3 nitrogen and oxygen atoms in total. The van der Waals surface area contributed by atoms with Gasteiger partial charge >= 0.3 is 5.97 Å². The molecule has 0 atom stereocenters. The van der Waals surface area contributed by atoms with Gasteiger partial charge in [-0.25, -0.2) is 4.79 Å². The van der Waals surface area contributed by atoms with Crippen LogP contribution in [0, 0.1) is 0 Å². The van der Waals surface area contributed by atoms with Crippen LogP contribution in [0.1, 0.15) is 35.8 Å². The summed E-state index contributed by atoms with van der Waals surface area (Å²) in [5, 5.41) is 9.12. The molecule has 0 amide bonds. The van der Waals surface area contributed by atoms with Gasteiger partial charge in [-0.15, -0.1) is 0 Å². The number of aromatic nitrogens is 1. The first-order valence-corrected chi connectivity index (χ1v) is 5.61. The highest BCUT2D eigenvalue weighted by atomic mass is 16.4. The lowest BCUT2D eigenvalue weighted by atomic mass is 10.0. The Hall–Kier alpha value is -2.03. The summed E-state index contributed by atoms with van der Waals surface area (Å²) in [4.78, 5) is 11.1. The normalized spacial score (nSPS) is 10.8. The first-order valence-electron chi connectivity index (χ1n) is 5.61. The van der Waals surface area contributed by atoms with E-state index in [0.29, 0.717) is 5.92 Å². The topological polar surface area (TPSA) is 42.2 Å². The highest BCUT2D eigenvalue weighted by Gasteiger charge is 2.13. The zero-order valence-electron chi connectivity index (χ0n) is 9.92. The fraction of sp³-hybridized carbons (Fsp3) is 0.214. The van der Waals surface area contributed by atoms with Crippen molar-refractivity contribution in [1.29, 1.82) is 0 Å². The summed E-state index contributed by atoms with van der Waals surface area (Å²) in [5.41, 5.74) is 2.37. The summed E-state index contributed by atoms with van der Waals surface area (Å²) in [6.45, 7) is 4.20. The van der Waals surface area contributed by atoms with Crippen LogP contribution >= 0.6 is 0 Å². The van der Waals surface area contributed by atoms with Gasteiger partial charge in [-0.3, -0.25) is 0 Å². The summed E-state index contributed by atoms with van der Waals surface area (Å²) < 4.78 is 1.72. The Morgan fingerprint density at radius 1 is 1.18 bits per heavy atom. The van der Waals surface area contributed by atoms with E-state index >= 15 is 0 Å². The van der Waals surface area contributed by atoms with Gasteiger partial charge in [0, 0.05) is 11.9 Å². The van der Waals surface area contributed by atoms with E-state index in [0.717, 1.165) is 11.3 Å². The molecule has 2 aromatic rings. The fourth-order valence-electron chi connectivity index (χ4n) is 1.96. The lowest BCUT2D eigenvalue weighted by molar-refractivity contribution is 0.0688. The molecule has 1 aromatic carbocycles. The van der Waals surface area contributed by atoms with E-state index in [1.54, 1.807) is 22.9 Å². The van der Waals surface area contributed by atoms with Gasteiger partial charge in [-0.05, 0) is 29.7 Å². The fourth-order valence-corrected chi connectivity index (χ4v) is 1.96. The van der Waals surface area contributed by atoms with Gasteiger partial charge in [0.1, 0.15) is 5.69 Å². The van der Waals surface area contributed by atoms with E-state index in [-0.39, 0.29) is 5.69 Å². The van der Waals surface area contributed by atoms with E-state index in [2.05, 4.69) is 13.8 Å². The molecule has 0 aliphatic carbocycles. The average molecular weight is 229 g/mol. The summed E-state index contributed by atoms with van der Waals surface area (Å²) in [7, 11) is 0. The number of hydrogen-bond acceptors (Lipinski definition) is 1. The summed E-state index contributed by atoms with van der Waals surface area (Å²) in [6, 6.07) is 11.2. The van der Waals surface area contributed by atoms with Gasteiger partial charge in [0.15, 0.2) is 0 Å². The number of hydrogen-bond donors (Lipinski definition) is 1. The molecule has 1 heterocycles. The van der Waals surface area contributed by atoms with Crippen LogP contribution in [0.25, 0.3) is 5.69 Å². The lowest BCUT2D eigenvalue weighted by Gasteiger charge is -2.14. The van der Waals surface area contributed by atoms with Crippen LogP contribution in [0.4, 0.5) is 0 Å². The van der Waals surface area contributed by atoms with Crippen molar-refractivity contribution in [2.45, 2.75) is 19.8 Å². The molecule has 1 aromatic heterocycles. The number of carbonyl (C=O) groups is 1. The van der Waals surface area contributed by atoms with Crippen molar-refractivity contribution in [3.05, 3.63) is 53.9 Å². The Balaban J connectivity index is 2.60. The number of carboxylic acids is 1. The summed E-state index contributed by atoms with van der Waals surface area (Å²) in [6.07, 6.45) is 1.78. The molecule has 0 spiro atoms. The SMILES string of the molecule is CC(C)c1ccccc1-n1cccc1C(=O)O. The Labute approximate surface area is 100 Å². The van der Waals surface area contributed by atoms with E-state index < -0.39 is 5.97 Å². The number of benzene rings is 1. The molecule has 0 unspecified atom stereocenters. The second kappa shape index (κ2) is 4.45. The molecule has 2 rings (SSSR count). The summed E-state index contributed by atoms with van der Waals surface area (Å²) >= 11 is 0. The van der Waals surface area contributed by atoms with Crippen LogP contribution in [-0.4, -0.2) is 15.6 Å². The second-order valence-corrected chi connectivity index (χ2v) is 4.28. The van der Waals surface area contributed by atoms with Gasteiger partial charge < -0.3 is 9.67 Å². The highest BCUT2D eigenvalue weighted by molar-refractivity contribution is 5.86. The lowest BCUT2D eigenvalue weighted by Crippen LogP contribution is -2.08. The third-order valence-electron chi connectivity index (χ3n) is 2.79. The molecule has 0 fully saturated rings. The predicted octanol–water partition coefficient (Wildman–Crippen LogP) is 3.30. The minimum absolute atomic E-state index is 0.290. The predicted molar refractivity (Wildman–Crippen MR) is 66.8 cm³/mol. The second-order valence-electron chi connectivity index (χ2n) is 4.28. The van der Waals surface area contributed by atoms with Crippen molar-refractivity contribution in [1.82, 2.24) is 4.57 Å². The zero-order valence-corrected chi connectivity index (χ0v) is 9.92. The number of carboxylic acid groups (broad SMARTS) is 1. The van der Waals surface area contributed by atoms with Gasteiger partial charge in [0.2, 0.25) is 0 Å². The molecule has 1 N–H and O–H groups in total. The quantitative estimate of drug-likeness (QED) is 0.877. The maximum Gasteiger partial charge on any atom is 0.352 e. The Morgan fingerprint density at radius 2 is 1.88 bits per heavy atom. The van der Waals surface area contributed by atoms with Crippen LogP contribution in [-0.2, 0) is 0 Å². The van der Waals surface area contributed by atoms with Gasteiger partial charge in [0.05, 0.1) is 0 Å². The largest absolute Gasteiger partial charge is 0.477 e. The maximum absolute atomic E-state index is 11.1. The minimum Gasteiger partial charge on any atom is -0.477 e. The Kier molecular flexibility index (Phi) is 3.00. The molecular formula is C14H15NO2. The molecular weight excluding hydrogens is 214 g/mol. The van der Waals surface area contributed by atoms with Crippen LogP contribution in [0.3, 0.4) is 0 Å². The first kappa shape index (κ1) is 11.5. The summed E-state index contributed by atoms with van der Waals surface area (Å²) in [5.74, 6) is -0.552. The number of nitrogens with zero attached hydrogens (tertiary/aromatic N) is 1. The van der Waals surface area contributed by atoms with Crippen LogP contribution in [0.2, 0.25) is 0 Å². The van der Waals surface area contributed by atoms with Crippen molar-refractivity contribution in [2.24, 2.45) is 0 Å². The minimum atomic E-state index is -0.909. The van der Waals surface area contributed by atoms with Crippen molar-refractivity contribution < 1.29 is 9.90 Å². The smallest absolute Gasteiger partial charge is 0.352 e. The van der Waals surface area contributed by atoms with Crippen LogP contribution in [0.5, 0.6) is 0 Å². The molecule has 88 valence electrons. The number of aromatic carboxylic acids is 1. The van der Waals surface area contributed by atoms with E-state index in [1.165, 1.54) is 0 Å². The van der Waals surface area contributed by atoms with Crippen molar-refractivity contribution in [3.63, 3.8) is 0 Å². The third-order valence-corrected chi connectivity index (χ3v) is 2.79. The average Bonchev–Trinajstić information content (AvgIpc) is 2.77. The molecule has 0 bridgehead atoms. The molecule has 0 saturated heterocycles. The van der Waals surface area contributed by atoms with E-state index in [1.807, 2.05) is 24.3 Å². The molecule has 0 aliphatic rings. The van der Waals surface area contributed by atoms with Crippen LogP contribution in [0.15, 0.2) is 42.6 Å². The molecule has 0 saturated carbocycles. The maximum atomic E-state index is 11.1. The third kappa shape index (κ3) is 2.09. The Bertz CT molecular complexity index is 541. The monoisotopic (exact) mass is 229 g/mol. The van der Waals surface area contributed by atoms with Gasteiger partial charge in [-0.1, -0.05) is 32.0 Å². The zero-order chi connectivity index (χ0) is 12.4. The van der Waals surface area contributed by atoms with Crippen LogP contribution < -0.4 is 0 Å². The van der Waals surface area contributed by atoms with Crippen molar-refractivity contribution in [3.8, 4) is 5.69 Å². The molecule has 17 heavy (non-hydrogen) atoms. The van der Waals surface area contributed by atoms with Gasteiger partial charge in [-0.2, -0.15) is 0 Å². The molecule has 0 radical (unpaired) electrons. The number of rotatable bonds is 3. The highest BCUT2D eigenvalue weighted by Crippen LogP contribution is 2.24. The van der Waals surface area contributed by atoms with Gasteiger partial charge in [0.25, 0.3) is 0 Å². The van der Waals surface area contributed by atoms with Crippen molar-refractivity contribution in [2.75, 3.05) is 0 Å².